The van der Waals surface area contributed by atoms with Gasteiger partial charge in [-0.15, -0.1) is 12.4 Å². The van der Waals surface area contributed by atoms with Crippen molar-refractivity contribution in [2.24, 2.45) is 15.7 Å². The maximum Gasteiger partial charge on any atom is 0.225 e. The van der Waals surface area contributed by atoms with Gasteiger partial charge < -0.3 is 16.0 Å². The van der Waals surface area contributed by atoms with Crippen LogP contribution >= 0.6 is 12.4 Å². The van der Waals surface area contributed by atoms with Gasteiger partial charge in [-0.25, -0.2) is 0 Å². The summed E-state index contributed by atoms with van der Waals surface area (Å²) in [5.74, 6) is 1.07. The lowest BCUT2D eigenvalue weighted by Crippen LogP contribution is -2.36. The van der Waals surface area contributed by atoms with E-state index >= 15 is 0 Å². The van der Waals surface area contributed by atoms with Gasteiger partial charge in [0.1, 0.15) is 0 Å². The Bertz CT molecular complexity index is 475. The fourth-order valence-corrected chi connectivity index (χ4v) is 2.03. The Hall–Kier alpha value is -1.75. The predicted octanol–water partition coefficient (Wildman–Crippen LogP) is 2.23. The topological polar surface area (TPSA) is 66.0 Å². The van der Waals surface area contributed by atoms with Crippen LogP contribution in [0.4, 0.5) is 5.69 Å². The number of halogens is 1. The lowest BCUT2D eigenvalue weighted by Gasteiger charge is -2.16. The van der Waals surface area contributed by atoms with Crippen molar-refractivity contribution in [1.29, 1.82) is 0 Å². The minimum Gasteiger partial charge on any atom is -0.369 e. The van der Waals surface area contributed by atoms with E-state index in [1.165, 1.54) is 18.4 Å². The molecule has 1 fully saturated rings. The second-order valence-corrected chi connectivity index (χ2v) is 4.70. The van der Waals surface area contributed by atoms with Crippen LogP contribution in [0, 0.1) is 6.92 Å². The highest BCUT2D eigenvalue weighted by Gasteiger charge is 2.14. The van der Waals surface area contributed by atoms with E-state index in [4.69, 9.17) is 5.73 Å². The molecule has 1 heterocycles. The maximum absolute atomic E-state index is 5.99. The number of aliphatic imine (C=N–C) groups is 2. The zero-order valence-corrected chi connectivity index (χ0v) is 12.8. The molecule has 1 aliphatic rings. The third-order valence-electron chi connectivity index (χ3n) is 3.17. The van der Waals surface area contributed by atoms with E-state index in [9.17, 15) is 0 Å². The lowest BCUT2D eigenvalue weighted by atomic mass is 10.2. The molecule has 0 atom stereocenters. The maximum atomic E-state index is 5.99. The number of nitrogens with one attached hydrogen (secondary N) is 1. The second-order valence-electron chi connectivity index (χ2n) is 4.70. The normalized spacial score (nSPS) is 16.0. The van der Waals surface area contributed by atoms with Gasteiger partial charge in [0.15, 0.2) is 5.96 Å². The lowest BCUT2D eigenvalue weighted by molar-refractivity contribution is 0.514. The van der Waals surface area contributed by atoms with Crippen LogP contribution in [0.3, 0.4) is 0 Å². The number of hydrogen-bond acceptors (Lipinski definition) is 1. The third-order valence-corrected chi connectivity index (χ3v) is 3.17. The van der Waals surface area contributed by atoms with E-state index in [0.717, 1.165) is 18.8 Å². The molecule has 1 saturated heterocycles. The van der Waals surface area contributed by atoms with Crippen molar-refractivity contribution < 1.29 is 0 Å². The number of likely N-dealkylation sites (tertiary alicyclic amines) is 1. The molecule has 0 bridgehead atoms. The van der Waals surface area contributed by atoms with Crippen LogP contribution in [0.1, 0.15) is 18.4 Å². The molecule has 0 unspecified atom stereocenters. The van der Waals surface area contributed by atoms with Crippen LogP contribution in [0.2, 0.25) is 0 Å². The summed E-state index contributed by atoms with van der Waals surface area (Å²) in [5, 5.41) is 3.17. The fourth-order valence-electron chi connectivity index (χ4n) is 2.03. The molecule has 110 valence electrons. The van der Waals surface area contributed by atoms with Gasteiger partial charge in [0.25, 0.3) is 0 Å². The smallest absolute Gasteiger partial charge is 0.225 e. The fraction of sp³-hybridized carbons (Fsp3) is 0.429. The average molecular weight is 296 g/mol. The van der Waals surface area contributed by atoms with Crippen molar-refractivity contribution in [2.75, 3.05) is 25.5 Å². The number of nitrogens with zero attached hydrogens (tertiary/aromatic N) is 3. The van der Waals surface area contributed by atoms with Gasteiger partial charge in [0.2, 0.25) is 5.96 Å². The first-order chi connectivity index (χ1) is 9.19. The summed E-state index contributed by atoms with van der Waals surface area (Å²) in [6.45, 7) is 4.02. The predicted molar refractivity (Wildman–Crippen MR) is 87.8 cm³/mol. The number of guanidine groups is 2. The zero-order chi connectivity index (χ0) is 13.7. The number of anilines is 1. The monoisotopic (exact) mass is 295 g/mol. The first kappa shape index (κ1) is 16.3. The molecule has 1 aliphatic heterocycles. The van der Waals surface area contributed by atoms with Gasteiger partial charge in [-0.05, 0) is 31.9 Å². The van der Waals surface area contributed by atoms with Gasteiger partial charge >= 0.3 is 0 Å². The third kappa shape index (κ3) is 4.42. The van der Waals surface area contributed by atoms with Crippen molar-refractivity contribution in [3.63, 3.8) is 0 Å². The molecule has 3 N–H and O–H groups in total. The van der Waals surface area contributed by atoms with Crippen molar-refractivity contribution in [3.8, 4) is 0 Å². The number of hydrogen-bond donors (Lipinski definition) is 2. The summed E-state index contributed by atoms with van der Waals surface area (Å²) in [6, 6.07) is 8.09. The summed E-state index contributed by atoms with van der Waals surface area (Å²) in [5.41, 5.74) is 8.17. The highest BCUT2D eigenvalue weighted by Crippen LogP contribution is 2.10. The van der Waals surface area contributed by atoms with E-state index in [1.807, 2.05) is 24.3 Å². The molecular weight excluding hydrogens is 274 g/mol. The molecule has 0 amide bonds. The van der Waals surface area contributed by atoms with Crippen molar-refractivity contribution in [3.05, 3.63) is 29.8 Å². The summed E-state index contributed by atoms with van der Waals surface area (Å²) in [6.07, 6.45) is 2.36. The minimum absolute atomic E-state index is 0. The molecule has 0 spiro atoms. The van der Waals surface area contributed by atoms with Crippen LogP contribution in [0.25, 0.3) is 0 Å². The first-order valence-electron chi connectivity index (χ1n) is 6.58. The summed E-state index contributed by atoms with van der Waals surface area (Å²) < 4.78 is 0. The number of aryl methyl sites for hydroxylation is 1. The number of nitrogens with two attached hydrogens (primary N) is 1. The van der Waals surface area contributed by atoms with Gasteiger partial charge in [0, 0.05) is 25.8 Å². The van der Waals surface area contributed by atoms with Crippen LogP contribution in [0.5, 0.6) is 0 Å². The Morgan fingerprint density at radius 2 is 1.80 bits per heavy atom. The molecule has 6 heteroatoms. The van der Waals surface area contributed by atoms with Crippen molar-refractivity contribution in [1.82, 2.24) is 4.90 Å². The molecule has 0 aromatic heterocycles. The average Bonchev–Trinajstić information content (AvgIpc) is 2.94. The summed E-state index contributed by atoms with van der Waals surface area (Å²) in [7, 11) is 1.71. The summed E-state index contributed by atoms with van der Waals surface area (Å²) >= 11 is 0. The number of benzene rings is 1. The zero-order valence-electron chi connectivity index (χ0n) is 12.0. The molecule has 0 radical (unpaired) electrons. The Balaban J connectivity index is 0.00000200. The summed E-state index contributed by atoms with van der Waals surface area (Å²) in [4.78, 5) is 10.6. The minimum atomic E-state index is 0. The Morgan fingerprint density at radius 1 is 1.20 bits per heavy atom. The van der Waals surface area contributed by atoms with Crippen molar-refractivity contribution in [2.45, 2.75) is 19.8 Å². The Labute approximate surface area is 126 Å². The Morgan fingerprint density at radius 3 is 2.35 bits per heavy atom. The number of rotatable bonds is 1. The van der Waals surface area contributed by atoms with Crippen LogP contribution in [0.15, 0.2) is 34.3 Å². The van der Waals surface area contributed by atoms with Crippen LogP contribution < -0.4 is 11.1 Å². The second kappa shape index (κ2) is 7.75. The van der Waals surface area contributed by atoms with Gasteiger partial charge in [0.05, 0.1) is 0 Å². The van der Waals surface area contributed by atoms with Crippen LogP contribution in [-0.4, -0.2) is 37.0 Å². The van der Waals surface area contributed by atoms with Crippen LogP contribution in [-0.2, 0) is 0 Å². The molecule has 0 aliphatic carbocycles. The first-order valence-corrected chi connectivity index (χ1v) is 6.58. The Kier molecular flexibility index (Phi) is 6.31. The molecule has 1 aromatic rings. The molecule has 2 rings (SSSR count). The van der Waals surface area contributed by atoms with E-state index in [1.54, 1.807) is 7.05 Å². The largest absolute Gasteiger partial charge is 0.369 e. The standard InChI is InChI=1S/C14H21N5.ClH/c1-11-5-7-12(8-6-11)17-14(16-2)18-13(15)19-9-3-4-10-19;/h5-8H,3-4,9-10H2,1-2H3,(H3,15,16,17,18);1H. The van der Waals surface area contributed by atoms with Gasteiger partial charge in [-0.1, -0.05) is 17.7 Å². The molecular formula is C14H22ClN5. The quantitative estimate of drug-likeness (QED) is 0.617. The molecule has 20 heavy (non-hydrogen) atoms. The highest BCUT2D eigenvalue weighted by molar-refractivity contribution is 6.01. The molecule has 0 saturated carbocycles. The van der Waals surface area contributed by atoms with Gasteiger partial charge in [-0.3, -0.25) is 4.99 Å². The molecule has 1 aromatic carbocycles. The van der Waals surface area contributed by atoms with E-state index in [2.05, 4.69) is 27.1 Å². The van der Waals surface area contributed by atoms with Crippen molar-refractivity contribution >= 4 is 30.0 Å². The highest BCUT2D eigenvalue weighted by atomic mass is 35.5. The molecule has 5 nitrogen and oxygen atoms in total. The van der Waals surface area contributed by atoms with Gasteiger partial charge in [-0.2, -0.15) is 4.99 Å². The van der Waals surface area contributed by atoms with E-state index in [0.29, 0.717) is 11.9 Å². The SMILES string of the molecule is CN=C(N=C(N)N1CCCC1)Nc1ccc(C)cc1.Cl. The van der Waals surface area contributed by atoms with E-state index < -0.39 is 0 Å². The van der Waals surface area contributed by atoms with E-state index in [-0.39, 0.29) is 12.4 Å².